The van der Waals surface area contributed by atoms with E-state index in [1.54, 1.807) is 0 Å². The Morgan fingerprint density at radius 1 is 1.54 bits per heavy atom. The quantitative estimate of drug-likeness (QED) is 0.677. The Hall–Kier alpha value is -0.570. The molecule has 2 N–H and O–H groups in total. The van der Waals surface area contributed by atoms with Crippen molar-refractivity contribution < 1.29 is 4.79 Å². The van der Waals surface area contributed by atoms with E-state index in [2.05, 4.69) is 31.4 Å². The van der Waals surface area contributed by atoms with Crippen molar-refractivity contribution in [3.8, 4) is 0 Å². The Labute approximate surface area is 80.3 Å². The average molecular weight is 184 g/mol. The highest BCUT2D eigenvalue weighted by Gasteiger charge is 2.26. The lowest BCUT2D eigenvalue weighted by molar-refractivity contribution is -0.127. The zero-order valence-electron chi connectivity index (χ0n) is 8.76. The zero-order chi connectivity index (χ0) is 9.84. The van der Waals surface area contributed by atoms with Crippen LogP contribution in [0.15, 0.2) is 0 Å². The maximum Gasteiger partial charge on any atom is 0.225 e. The maximum atomic E-state index is 11.5. The molecule has 13 heavy (non-hydrogen) atoms. The molecule has 0 aliphatic carbocycles. The number of carbonyl (C=O) groups is 1. The first-order chi connectivity index (χ1) is 6.15. The largest absolute Gasteiger partial charge is 0.353 e. The van der Waals surface area contributed by atoms with Gasteiger partial charge in [-0.05, 0) is 12.3 Å². The molecule has 76 valence electrons. The minimum atomic E-state index is 0.216. The lowest BCUT2D eigenvalue weighted by Gasteiger charge is -2.29. The normalized spacial score (nSPS) is 19.7. The highest BCUT2D eigenvalue weighted by atomic mass is 16.2. The molecule has 1 saturated heterocycles. The molecule has 1 fully saturated rings. The van der Waals surface area contributed by atoms with Crippen molar-refractivity contribution >= 4 is 5.91 Å². The van der Waals surface area contributed by atoms with Crippen LogP contribution in [-0.4, -0.2) is 25.0 Å². The van der Waals surface area contributed by atoms with E-state index in [9.17, 15) is 4.79 Å². The van der Waals surface area contributed by atoms with Crippen molar-refractivity contribution in [3.63, 3.8) is 0 Å². The SMILES string of the molecule is CCC(NC(=O)C1CNC1)C(C)C. The second kappa shape index (κ2) is 4.61. The van der Waals surface area contributed by atoms with Crippen molar-refractivity contribution in [1.82, 2.24) is 10.6 Å². The molecule has 3 heteroatoms. The Kier molecular flexibility index (Phi) is 3.72. The van der Waals surface area contributed by atoms with Gasteiger partial charge in [0.15, 0.2) is 0 Å². The third-order valence-corrected chi connectivity index (χ3v) is 2.72. The second-order valence-electron chi connectivity index (χ2n) is 4.12. The van der Waals surface area contributed by atoms with E-state index in [1.807, 2.05) is 0 Å². The minimum absolute atomic E-state index is 0.216. The lowest BCUT2D eigenvalue weighted by atomic mass is 9.98. The molecule has 0 aromatic carbocycles. The molecule has 1 aliphatic heterocycles. The van der Waals surface area contributed by atoms with Gasteiger partial charge >= 0.3 is 0 Å². The van der Waals surface area contributed by atoms with E-state index < -0.39 is 0 Å². The zero-order valence-corrected chi connectivity index (χ0v) is 8.76. The fraction of sp³-hybridized carbons (Fsp3) is 0.900. The lowest BCUT2D eigenvalue weighted by Crippen LogP contribution is -2.53. The summed E-state index contributed by atoms with van der Waals surface area (Å²) in [5.74, 6) is 0.967. The third kappa shape index (κ3) is 2.69. The smallest absolute Gasteiger partial charge is 0.225 e. The van der Waals surface area contributed by atoms with E-state index in [0.717, 1.165) is 19.5 Å². The van der Waals surface area contributed by atoms with Gasteiger partial charge < -0.3 is 10.6 Å². The van der Waals surface area contributed by atoms with Crippen LogP contribution in [0.1, 0.15) is 27.2 Å². The minimum Gasteiger partial charge on any atom is -0.353 e. The number of amides is 1. The van der Waals surface area contributed by atoms with Crippen molar-refractivity contribution in [2.75, 3.05) is 13.1 Å². The highest BCUT2D eigenvalue weighted by Crippen LogP contribution is 2.08. The standard InChI is InChI=1S/C10H20N2O/c1-4-9(7(2)3)12-10(13)8-5-11-6-8/h7-9,11H,4-6H2,1-3H3,(H,12,13). The van der Waals surface area contributed by atoms with Crippen LogP contribution in [0.25, 0.3) is 0 Å². The van der Waals surface area contributed by atoms with Crippen molar-refractivity contribution in [3.05, 3.63) is 0 Å². The fourth-order valence-electron chi connectivity index (χ4n) is 1.51. The van der Waals surface area contributed by atoms with E-state index in [4.69, 9.17) is 0 Å². The maximum absolute atomic E-state index is 11.5. The summed E-state index contributed by atoms with van der Waals surface area (Å²) < 4.78 is 0. The van der Waals surface area contributed by atoms with Crippen molar-refractivity contribution in [2.45, 2.75) is 33.2 Å². The molecule has 0 aromatic rings. The summed E-state index contributed by atoms with van der Waals surface area (Å²) in [6.07, 6.45) is 1.02. The Morgan fingerprint density at radius 2 is 2.15 bits per heavy atom. The van der Waals surface area contributed by atoms with Gasteiger partial charge in [-0.15, -0.1) is 0 Å². The predicted molar refractivity (Wildman–Crippen MR) is 53.4 cm³/mol. The van der Waals surface area contributed by atoms with Gasteiger partial charge in [0.25, 0.3) is 0 Å². The van der Waals surface area contributed by atoms with Gasteiger partial charge in [0.1, 0.15) is 0 Å². The van der Waals surface area contributed by atoms with E-state index in [0.29, 0.717) is 12.0 Å². The van der Waals surface area contributed by atoms with Gasteiger partial charge in [0, 0.05) is 19.1 Å². The molecular weight excluding hydrogens is 164 g/mol. The van der Waals surface area contributed by atoms with Crippen LogP contribution in [0.4, 0.5) is 0 Å². The monoisotopic (exact) mass is 184 g/mol. The van der Waals surface area contributed by atoms with E-state index in [1.165, 1.54) is 0 Å². The fourth-order valence-corrected chi connectivity index (χ4v) is 1.51. The number of hydrogen-bond acceptors (Lipinski definition) is 2. The van der Waals surface area contributed by atoms with Gasteiger partial charge in [-0.25, -0.2) is 0 Å². The number of carbonyl (C=O) groups excluding carboxylic acids is 1. The number of nitrogens with one attached hydrogen (secondary N) is 2. The summed E-state index contributed by atoms with van der Waals surface area (Å²) in [4.78, 5) is 11.5. The summed E-state index contributed by atoms with van der Waals surface area (Å²) in [6, 6.07) is 0.341. The molecular formula is C10H20N2O. The first-order valence-corrected chi connectivity index (χ1v) is 5.16. The topological polar surface area (TPSA) is 41.1 Å². The van der Waals surface area contributed by atoms with Crippen molar-refractivity contribution in [1.29, 1.82) is 0 Å². The molecule has 3 nitrogen and oxygen atoms in total. The van der Waals surface area contributed by atoms with Crippen LogP contribution in [0, 0.1) is 11.8 Å². The Morgan fingerprint density at radius 3 is 2.46 bits per heavy atom. The molecule has 0 aromatic heterocycles. The van der Waals surface area contributed by atoms with Crippen LogP contribution in [0.3, 0.4) is 0 Å². The predicted octanol–water partition coefficient (Wildman–Crippen LogP) is 0.757. The van der Waals surface area contributed by atoms with Gasteiger partial charge in [-0.3, -0.25) is 4.79 Å². The Balaban J connectivity index is 2.31. The summed E-state index contributed by atoms with van der Waals surface area (Å²) in [5.41, 5.74) is 0. The van der Waals surface area contributed by atoms with Gasteiger partial charge in [-0.2, -0.15) is 0 Å². The summed E-state index contributed by atoms with van der Waals surface area (Å²) in [6.45, 7) is 8.10. The van der Waals surface area contributed by atoms with Crippen LogP contribution in [-0.2, 0) is 4.79 Å². The molecule has 1 unspecified atom stereocenters. The van der Waals surface area contributed by atoms with Gasteiger partial charge in [0.05, 0.1) is 5.92 Å². The molecule has 1 rings (SSSR count). The average Bonchev–Trinajstić information content (AvgIpc) is 1.96. The first kappa shape index (κ1) is 10.5. The van der Waals surface area contributed by atoms with Crippen LogP contribution in [0.2, 0.25) is 0 Å². The van der Waals surface area contributed by atoms with Crippen molar-refractivity contribution in [2.24, 2.45) is 11.8 Å². The van der Waals surface area contributed by atoms with Crippen LogP contribution in [0.5, 0.6) is 0 Å². The molecule has 1 amide bonds. The van der Waals surface area contributed by atoms with Crippen LogP contribution >= 0.6 is 0 Å². The molecule has 0 saturated carbocycles. The number of rotatable bonds is 4. The van der Waals surface area contributed by atoms with Gasteiger partial charge in [-0.1, -0.05) is 20.8 Å². The summed E-state index contributed by atoms with van der Waals surface area (Å²) in [5, 5.41) is 6.19. The molecule has 1 aliphatic rings. The first-order valence-electron chi connectivity index (χ1n) is 5.16. The third-order valence-electron chi connectivity index (χ3n) is 2.72. The molecule has 1 heterocycles. The molecule has 0 bridgehead atoms. The Bertz CT molecular complexity index is 176. The highest BCUT2D eigenvalue weighted by molar-refractivity contribution is 5.80. The van der Waals surface area contributed by atoms with Gasteiger partial charge in [0.2, 0.25) is 5.91 Å². The van der Waals surface area contributed by atoms with Crippen LogP contribution < -0.4 is 10.6 Å². The van der Waals surface area contributed by atoms with E-state index in [-0.39, 0.29) is 11.8 Å². The number of hydrogen-bond donors (Lipinski definition) is 2. The molecule has 0 radical (unpaired) electrons. The molecule has 1 atom stereocenters. The summed E-state index contributed by atoms with van der Waals surface area (Å²) >= 11 is 0. The molecule has 0 spiro atoms. The second-order valence-corrected chi connectivity index (χ2v) is 4.12. The summed E-state index contributed by atoms with van der Waals surface area (Å²) in [7, 11) is 0. The van der Waals surface area contributed by atoms with E-state index >= 15 is 0 Å².